The molecule has 0 aliphatic carbocycles. The summed E-state index contributed by atoms with van der Waals surface area (Å²) in [6.07, 6.45) is 3.48. The highest BCUT2D eigenvalue weighted by atomic mass is 79.9. The van der Waals surface area contributed by atoms with Gasteiger partial charge in [-0.05, 0) is 45.8 Å². The van der Waals surface area contributed by atoms with Crippen molar-refractivity contribution in [3.05, 3.63) is 38.6 Å². The smallest absolute Gasteiger partial charge is 0.0566 e. The van der Waals surface area contributed by atoms with Gasteiger partial charge in [-0.3, -0.25) is 0 Å². The van der Waals surface area contributed by atoms with E-state index in [-0.39, 0.29) is 0 Å². The molecule has 0 spiro atoms. The number of halogens is 3. The van der Waals surface area contributed by atoms with E-state index in [0.717, 1.165) is 10.0 Å². The summed E-state index contributed by atoms with van der Waals surface area (Å²) in [5.74, 6) is 1.26. The molecule has 1 aromatic rings. The van der Waals surface area contributed by atoms with Crippen molar-refractivity contribution in [2.45, 2.75) is 11.7 Å². The zero-order chi connectivity index (χ0) is 10.1. The van der Waals surface area contributed by atoms with Gasteiger partial charge >= 0.3 is 0 Å². The predicted octanol–water partition coefficient (Wildman–Crippen LogP) is 4.81. The minimum atomic E-state index is 0.642. The minimum absolute atomic E-state index is 0.642. The summed E-state index contributed by atoms with van der Waals surface area (Å²) >= 11 is 17.3. The molecular formula is C10H8BrCl2S. The molecule has 75 valence electrons. The van der Waals surface area contributed by atoms with Gasteiger partial charge in [0.2, 0.25) is 0 Å². The highest BCUT2D eigenvalue weighted by molar-refractivity contribution is 9.10. The molecule has 2 rings (SSSR count). The van der Waals surface area contributed by atoms with Crippen LogP contribution in [0.2, 0.25) is 10.0 Å². The summed E-state index contributed by atoms with van der Waals surface area (Å²) in [6, 6.07) is 3.88. The number of hydrogen-bond acceptors (Lipinski definition) is 1. The first-order valence-corrected chi connectivity index (χ1v) is 6.87. The molecule has 4 heteroatoms. The maximum absolute atomic E-state index is 6.01. The Labute approximate surface area is 106 Å². The van der Waals surface area contributed by atoms with Crippen molar-refractivity contribution in [3.8, 4) is 0 Å². The van der Waals surface area contributed by atoms with Gasteiger partial charge in [0, 0.05) is 11.7 Å². The van der Waals surface area contributed by atoms with E-state index in [2.05, 4.69) is 22.4 Å². The van der Waals surface area contributed by atoms with Crippen molar-refractivity contribution in [3.63, 3.8) is 0 Å². The Balaban J connectivity index is 2.17. The van der Waals surface area contributed by atoms with Gasteiger partial charge in [0.25, 0.3) is 0 Å². The fourth-order valence-corrected chi connectivity index (χ4v) is 2.77. The monoisotopic (exact) mass is 309 g/mol. The molecule has 0 nitrogen and oxygen atoms in total. The lowest BCUT2D eigenvalue weighted by Crippen LogP contribution is -2.16. The lowest BCUT2D eigenvalue weighted by atomic mass is 10.1. The maximum atomic E-state index is 6.01. The topological polar surface area (TPSA) is 0 Å². The number of thioether (sulfide) groups is 1. The minimum Gasteiger partial charge on any atom is -0.158 e. The molecule has 1 heterocycles. The SMILES string of the molecule is Clc1cc([CH]C2CCS2)cc(Cl)c1Br. The van der Waals surface area contributed by atoms with E-state index in [1.165, 1.54) is 12.2 Å². The lowest BCUT2D eigenvalue weighted by Gasteiger charge is -2.24. The number of benzene rings is 1. The molecule has 0 bridgehead atoms. The molecule has 14 heavy (non-hydrogen) atoms. The van der Waals surface area contributed by atoms with Crippen LogP contribution in [0, 0.1) is 6.42 Å². The van der Waals surface area contributed by atoms with E-state index in [4.69, 9.17) is 23.2 Å². The summed E-state index contributed by atoms with van der Waals surface area (Å²) in [7, 11) is 0. The van der Waals surface area contributed by atoms with Gasteiger partial charge in [-0.1, -0.05) is 23.2 Å². The van der Waals surface area contributed by atoms with Crippen molar-refractivity contribution in [2.75, 3.05) is 5.75 Å². The van der Waals surface area contributed by atoms with Crippen molar-refractivity contribution in [1.29, 1.82) is 0 Å². The van der Waals surface area contributed by atoms with Gasteiger partial charge in [-0.2, -0.15) is 11.8 Å². The molecule has 1 unspecified atom stereocenters. The van der Waals surface area contributed by atoms with Gasteiger partial charge in [0.15, 0.2) is 0 Å². The van der Waals surface area contributed by atoms with Crippen molar-refractivity contribution >= 4 is 50.9 Å². The molecule has 0 saturated carbocycles. The third-order valence-electron chi connectivity index (χ3n) is 2.12. The second-order valence-electron chi connectivity index (χ2n) is 3.16. The van der Waals surface area contributed by atoms with Crippen LogP contribution in [-0.2, 0) is 0 Å². The molecule has 1 aliphatic heterocycles. The fourth-order valence-electron chi connectivity index (χ4n) is 1.27. The number of hydrogen-bond donors (Lipinski definition) is 0. The van der Waals surface area contributed by atoms with Crippen molar-refractivity contribution in [1.82, 2.24) is 0 Å². The Morgan fingerprint density at radius 2 is 1.93 bits per heavy atom. The first-order chi connectivity index (χ1) is 6.66. The molecule has 0 amide bonds. The van der Waals surface area contributed by atoms with Crippen molar-refractivity contribution < 1.29 is 0 Å². The summed E-state index contributed by atoms with van der Waals surface area (Å²) < 4.78 is 0.777. The average molecular weight is 311 g/mol. The van der Waals surface area contributed by atoms with Crippen molar-refractivity contribution in [2.24, 2.45) is 0 Å². The third-order valence-corrected chi connectivity index (χ3v) is 5.30. The van der Waals surface area contributed by atoms with E-state index < -0.39 is 0 Å². The van der Waals surface area contributed by atoms with Crippen LogP contribution in [0.5, 0.6) is 0 Å². The van der Waals surface area contributed by atoms with Crippen LogP contribution in [0.3, 0.4) is 0 Å². The second kappa shape index (κ2) is 4.65. The largest absolute Gasteiger partial charge is 0.158 e. The van der Waals surface area contributed by atoms with E-state index in [1.807, 2.05) is 23.9 Å². The molecule has 0 aromatic heterocycles. The molecule has 1 atom stereocenters. The van der Waals surface area contributed by atoms with Gasteiger partial charge in [0.1, 0.15) is 0 Å². The van der Waals surface area contributed by atoms with E-state index in [0.29, 0.717) is 15.3 Å². The zero-order valence-electron chi connectivity index (χ0n) is 7.27. The molecule has 0 N–H and O–H groups in total. The van der Waals surface area contributed by atoms with E-state index in [9.17, 15) is 0 Å². The molecule has 1 fully saturated rings. The lowest BCUT2D eigenvalue weighted by molar-refractivity contribution is 0.888. The number of rotatable bonds is 2. The van der Waals surface area contributed by atoms with Crippen LogP contribution in [0.1, 0.15) is 12.0 Å². The van der Waals surface area contributed by atoms with Gasteiger partial charge in [-0.25, -0.2) is 0 Å². The highest BCUT2D eigenvalue weighted by Gasteiger charge is 2.19. The van der Waals surface area contributed by atoms with E-state index >= 15 is 0 Å². The quantitative estimate of drug-likeness (QED) is 0.706. The zero-order valence-corrected chi connectivity index (χ0v) is 11.2. The molecule has 1 radical (unpaired) electrons. The van der Waals surface area contributed by atoms with Crippen LogP contribution >= 0.6 is 50.9 Å². The van der Waals surface area contributed by atoms with Crippen LogP contribution < -0.4 is 0 Å². The van der Waals surface area contributed by atoms with Crippen LogP contribution in [0.15, 0.2) is 16.6 Å². The Morgan fingerprint density at radius 1 is 1.36 bits per heavy atom. The Bertz CT molecular complexity index is 327. The summed E-state index contributed by atoms with van der Waals surface area (Å²) in [4.78, 5) is 0. The maximum Gasteiger partial charge on any atom is 0.0566 e. The Hall–Kier alpha value is 0.630. The summed E-state index contributed by atoms with van der Waals surface area (Å²) in [6.45, 7) is 0. The standard InChI is InChI=1S/C10H8BrCl2S/c11-10-8(12)4-6(5-9(10)13)3-7-1-2-14-7/h3-5,7H,1-2H2. The first-order valence-electron chi connectivity index (χ1n) is 4.28. The second-order valence-corrected chi connectivity index (χ2v) is 6.12. The van der Waals surface area contributed by atoms with Gasteiger partial charge in [0.05, 0.1) is 14.5 Å². The van der Waals surface area contributed by atoms with Gasteiger partial charge < -0.3 is 0 Å². The third kappa shape index (κ3) is 2.41. The molecule has 1 aliphatic rings. The summed E-state index contributed by atoms with van der Waals surface area (Å²) in [5.41, 5.74) is 1.11. The van der Waals surface area contributed by atoms with Crippen LogP contribution in [0.4, 0.5) is 0 Å². The van der Waals surface area contributed by atoms with Gasteiger partial charge in [-0.15, -0.1) is 0 Å². The predicted molar refractivity (Wildman–Crippen MR) is 68.4 cm³/mol. The van der Waals surface area contributed by atoms with E-state index in [1.54, 1.807) is 0 Å². The first kappa shape index (κ1) is 11.1. The van der Waals surface area contributed by atoms with Crippen LogP contribution in [0.25, 0.3) is 0 Å². The molecule has 1 saturated heterocycles. The summed E-state index contributed by atoms with van der Waals surface area (Å²) in [5, 5.41) is 1.99. The van der Waals surface area contributed by atoms with Crippen LogP contribution in [-0.4, -0.2) is 11.0 Å². The normalized spacial score (nSPS) is 20.6. The average Bonchev–Trinajstić information content (AvgIpc) is 2.07. The molecular weight excluding hydrogens is 303 g/mol. The molecule has 1 aromatic carbocycles. The Morgan fingerprint density at radius 3 is 2.36 bits per heavy atom. The Kier molecular flexibility index (Phi) is 3.69. The highest BCUT2D eigenvalue weighted by Crippen LogP contribution is 2.36. The fraction of sp³-hybridized carbons (Fsp3) is 0.300.